The molecular weight excluding hydrogens is 726 g/mol. The Balaban J connectivity index is 2.16. The molecule has 3 fully saturated rings. The summed E-state index contributed by atoms with van der Waals surface area (Å²) in [6, 6.07) is -0.875. The second kappa shape index (κ2) is 20.0. The van der Waals surface area contributed by atoms with Crippen molar-refractivity contribution >= 4 is 5.97 Å². The summed E-state index contributed by atoms with van der Waals surface area (Å²) in [5, 5.41) is 65.4. The van der Waals surface area contributed by atoms with E-state index in [1.165, 1.54) is 14.0 Å². The van der Waals surface area contributed by atoms with Crippen molar-refractivity contribution in [2.75, 3.05) is 40.8 Å². The van der Waals surface area contributed by atoms with Gasteiger partial charge in [-0.3, -0.25) is 4.79 Å². The van der Waals surface area contributed by atoms with Crippen LogP contribution in [0.25, 0.3) is 0 Å². The molecule has 2 unspecified atom stereocenters. The third kappa shape index (κ3) is 11.0. The number of hydrogen-bond acceptors (Lipinski definition) is 15. The third-order valence-corrected chi connectivity index (χ3v) is 13.0. The molecule has 0 aromatic rings. The first-order valence-electron chi connectivity index (χ1n) is 20.9. The van der Waals surface area contributed by atoms with Crippen LogP contribution < -0.4 is 10.6 Å². The Morgan fingerprint density at radius 3 is 2.27 bits per heavy atom. The molecular formula is C41H79N3O12. The van der Waals surface area contributed by atoms with Crippen molar-refractivity contribution in [2.24, 2.45) is 17.8 Å². The molecule has 7 N–H and O–H groups in total. The van der Waals surface area contributed by atoms with Crippen LogP contribution in [0.4, 0.5) is 0 Å². The van der Waals surface area contributed by atoms with Crippen molar-refractivity contribution in [2.45, 2.75) is 198 Å². The first kappa shape index (κ1) is 49.3. The second-order valence-electron chi connectivity index (χ2n) is 18.2. The molecule has 3 aliphatic rings. The fraction of sp³-hybridized carbons (Fsp3) is 0.976. The van der Waals surface area contributed by atoms with E-state index in [0.29, 0.717) is 19.5 Å². The summed E-state index contributed by atoms with van der Waals surface area (Å²) in [6.07, 6.45) is -6.62. The molecule has 3 saturated heterocycles. The summed E-state index contributed by atoms with van der Waals surface area (Å²) in [4.78, 5) is 16.4. The maximum atomic E-state index is 14.5. The van der Waals surface area contributed by atoms with Gasteiger partial charge in [0.15, 0.2) is 12.6 Å². The average Bonchev–Trinajstić information content (AvgIpc) is 3.12. The number of rotatable bonds is 13. The number of carbonyl (C=O) groups is 1. The van der Waals surface area contributed by atoms with Crippen LogP contribution in [0.2, 0.25) is 0 Å². The van der Waals surface area contributed by atoms with E-state index in [2.05, 4.69) is 10.6 Å². The largest absolute Gasteiger partial charge is 0.457 e. The lowest BCUT2D eigenvalue weighted by atomic mass is 9.75. The van der Waals surface area contributed by atoms with Gasteiger partial charge in [-0.05, 0) is 107 Å². The molecule has 0 spiro atoms. The molecule has 3 heterocycles. The number of hydrogen-bond donors (Lipinski definition) is 7. The van der Waals surface area contributed by atoms with Crippen LogP contribution in [-0.4, -0.2) is 167 Å². The summed E-state index contributed by atoms with van der Waals surface area (Å²) in [6.45, 7) is 20.9. The van der Waals surface area contributed by atoms with Gasteiger partial charge in [-0.15, -0.1) is 0 Å². The van der Waals surface area contributed by atoms with Gasteiger partial charge < -0.3 is 69.5 Å². The van der Waals surface area contributed by atoms with Gasteiger partial charge in [-0.1, -0.05) is 27.7 Å². The number of nitrogens with one attached hydrogen (secondary N) is 2. The van der Waals surface area contributed by atoms with Crippen LogP contribution in [0, 0.1) is 17.8 Å². The van der Waals surface area contributed by atoms with Gasteiger partial charge in [0.2, 0.25) is 0 Å². The molecule has 56 heavy (non-hydrogen) atoms. The van der Waals surface area contributed by atoms with Gasteiger partial charge in [0.25, 0.3) is 0 Å². The van der Waals surface area contributed by atoms with E-state index in [-0.39, 0.29) is 43.9 Å². The lowest BCUT2D eigenvalue weighted by Gasteiger charge is -2.53. The van der Waals surface area contributed by atoms with E-state index in [0.717, 1.165) is 6.42 Å². The molecule has 15 heteroatoms. The van der Waals surface area contributed by atoms with Gasteiger partial charge in [-0.2, -0.15) is 0 Å². The molecule has 3 rings (SSSR count). The van der Waals surface area contributed by atoms with Gasteiger partial charge >= 0.3 is 5.97 Å². The maximum Gasteiger partial charge on any atom is 0.311 e. The first-order valence-corrected chi connectivity index (χ1v) is 20.9. The van der Waals surface area contributed by atoms with E-state index >= 15 is 0 Å². The molecule has 0 aromatic carbocycles. The molecule has 0 radical (unpaired) electrons. The van der Waals surface area contributed by atoms with Crippen LogP contribution in [0.1, 0.15) is 108 Å². The molecule has 15 nitrogen and oxygen atoms in total. The summed E-state index contributed by atoms with van der Waals surface area (Å²) in [5.41, 5.74) is -5.93. The number of aliphatic hydroxyl groups is 5. The molecule has 0 aliphatic carbocycles. The van der Waals surface area contributed by atoms with Gasteiger partial charge in [0.1, 0.15) is 29.0 Å². The number of methoxy groups -OCH3 is 1. The number of carbonyl (C=O) groups excluding carboxylic acids is 1. The lowest BCUT2D eigenvalue weighted by molar-refractivity contribution is -0.336. The molecule has 330 valence electrons. The number of esters is 1. The standard InChI is InChI=1S/C41H79N3O12/c1-15-17-42-22-41(50)28(8)53-31(20-39(41,10)51-14)54-33-25(5)34(56-37-32(46)29(44(12)13)18-24(4)52-37)38(9,48)19-23(3)21-43-27(7)35(55-36(47)26(33)6)40(11,49)30(45)16-2/h23-35,37,42-43,45-46,48-50H,15-22H2,1-14H3/t23-,24+,25-,26+,27+,28-,29-,30+,31-,32?,33+,34-,35?,37-,38-,39+,40+,41-/m0/s1. The summed E-state index contributed by atoms with van der Waals surface area (Å²) < 4.78 is 38.4. The highest BCUT2D eigenvalue weighted by Crippen LogP contribution is 2.43. The Hall–Kier alpha value is -1.05. The Kier molecular flexibility index (Phi) is 17.6. The highest BCUT2D eigenvalue weighted by molar-refractivity contribution is 5.73. The van der Waals surface area contributed by atoms with Gasteiger partial charge in [0, 0.05) is 38.1 Å². The van der Waals surface area contributed by atoms with E-state index in [9.17, 15) is 30.3 Å². The molecule has 3 aliphatic heterocycles. The Labute approximate surface area is 336 Å². The van der Waals surface area contributed by atoms with E-state index < -0.39 is 95.5 Å². The SMILES string of the molecule is CCCNC[C@]1(O)[C@H](C)O[C@@H](O[C@@H]2[C@H](C)[C@H](O[C@@H]3O[C@H](C)C[C@H](N(C)C)C3O)[C@@](C)(O)C[C@H](C)CN[C@H](C)C([C@](C)(O)[C@H](O)CC)OC(=O)[C@@H]2C)C[C@@]1(C)OC. The molecule has 0 bridgehead atoms. The molecule has 0 amide bonds. The highest BCUT2D eigenvalue weighted by Gasteiger charge is 2.58. The van der Waals surface area contributed by atoms with Gasteiger partial charge in [0.05, 0.1) is 42.0 Å². The minimum Gasteiger partial charge on any atom is -0.457 e. The van der Waals surface area contributed by atoms with Crippen molar-refractivity contribution in [1.29, 1.82) is 0 Å². The van der Waals surface area contributed by atoms with Crippen LogP contribution in [0.15, 0.2) is 0 Å². The van der Waals surface area contributed by atoms with Crippen molar-refractivity contribution < 1.29 is 58.7 Å². The van der Waals surface area contributed by atoms with Crippen LogP contribution in [-0.2, 0) is 33.2 Å². The summed E-state index contributed by atoms with van der Waals surface area (Å²) >= 11 is 0. The van der Waals surface area contributed by atoms with E-state index in [1.807, 2.05) is 53.6 Å². The van der Waals surface area contributed by atoms with Gasteiger partial charge in [-0.25, -0.2) is 0 Å². The number of ether oxygens (including phenoxy) is 6. The minimum absolute atomic E-state index is 0.0928. The van der Waals surface area contributed by atoms with E-state index in [1.54, 1.807) is 34.6 Å². The van der Waals surface area contributed by atoms with Crippen molar-refractivity contribution in [1.82, 2.24) is 15.5 Å². The summed E-state index contributed by atoms with van der Waals surface area (Å²) in [5.74, 6) is -2.67. The predicted molar refractivity (Wildman–Crippen MR) is 212 cm³/mol. The minimum atomic E-state index is -1.81. The summed E-state index contributed by atoms with van der Waals surface area (Å²) in [7, 11) is 5.31. The Morgan fingerprint density at radius 2 is 1.70 bits per heavy atom. The van der Waals surface area contributed by atoms with Crippen LogP contribution in [0.3, 0.4) is 0 Å². The third-order valence-electron chi connectivity index (χ3n) is 13.0. The zero-order valence-corrected chi connectivity index (χ0v) is 36.8. The fourth-order valence-corrected chi connectivity index (χ4v) is 9.21. The average molecular weight is 806 g/mol. The number of nitrogens with zero attached hydrogens (tertiary/aromatic N) is 1. The zero-order chi connectivity index (χ0) is 42.6. The zero-order valence-electron chi connectivity index (χ0n) is 36.8. The highest BCUT2D eigenvalue weighted by atomic mass is 16.7. The Morgan fingerprint density at radius 1 is 1.05 bits per heavy atom. The monoisotopic (exact) mass is 806 g/mol. The predicted octanol–water partition coefficient (Wildman–Crippen LogP) is 1.93. The van der Waals surface area contributed by atoms with Crippen molar-refractivity contribution in [3.05, 3.63) is 0 Å². The first-order chi connectivity index (χ1) is 25.9. The van der Waals surface area contributed by atoms with Crippen molar-refractivity contribution in [3.63, 3.8) is 0 Å². The fourth-order valence-electron chi connectivity index (χ4n) is 9.21. The maximum absolute atomic E-state index is 14.5. The Bertz CT molecular complexity index is 1230. The normalized spacial score (nSPS) is 45.2. The number of cyclic esters (lactones) is 1. The molecule has 0 aromatic heterocycles. The van der Waals surface area contributed by atoms with E-state index in [4.69, 9.17) is 28.4 Å². The van der Waals surface area contributed by atoms with Crippen LogP contribution in [0.5, 0.6) is 0 Å². The molecule has 0 saturated carbocycles. The lowest BCUT2D eigenvalue weighted by Crippen LogP contribution is -2.70. The smallest absolute Gasteiger partial charge is 0.311 e. The quantitative estimate of drug-likeness (QED) is 0.105. The molecule has 18 atom stereocenters. The van der Waals surface area contributed by atoms with Crippen LogP contribution >= 0.6 is 0 Å². The number of likely N-dealkylation sites (N-methyl/N-ethyl adjacent to an activating group) is 1. The second-order valence-corrected chi connectivity index (χ2v) is 18.2. The van der Waals surface area contributed by atoms with Crippen molar-refractivity contribution in [3.8, 4) is 0 Å². The number of aliphatic hydroxyl groups excluding tert-OH is 2. The topological polar surface area (TPSA) is 201 Å².